The van der Waals surface area contributed by atoms with Crippen LogP contribution in [-0.2, 0) is 14.8 Å². The molecule has 1 aromatic rings. The first kappa shape index (κ1) is 18.7. The summed E-state index contributed by atoms with van der Waals surface area (Å²) in [5.74, 6) is 1.21. The molecule has 0 saturated heterocycles. The second-order valence-electron chi connectivity index (χ2n) is 5.24. The highest BCUT2D eigenvalue weighted by atomic mass is 32.2. The van der Waals surface area contributed by atoms with Crippen LogP contribution in [0.3, 0.4) is 0 Å². The van der Waals surface area contributed by atoms with E-state index in [9.17, 15) is 8.42 Å². The van der Waals surface area contributed by atoms with Crippen LogP contribution in [0.25, 0.3) is 0 Å². The molecule has 7 heteroatoms. The van der Waals surface area contributed by atoms with Crippen molar-refractivity contribution in [3.63, 3.8) is 0 Å². The molecule has 0 unspecified atom stereocenters. The summed E-state index contributed by atoms with van der Waals surface area (Å²) in [5.41, 5.74) is 0. The van der Waals surface area contributed by atoms with E-state index >= 15 is 0 Å². The van der Waals surface area contributed by atoms with Crippen LogP contribution in [0.5, 0.6) is 11.5 Å². The summed E-state index contributed by atoms with van der Waals surface area (Å²) in [6.07, 6.45) is 0.609. The Morgan fingerprint density at radius 2 is 1.91 bits per heavy atom. The SMILES string of the molecule is COc1ccc(OC)c(S(=O)(=O)NCCCOCC(C)C)c1. The Kier molecular flexibility index (Phi) is 7.64. The fourth-order valence-corrected chi connectivity index (χ4v) is 3.03. The zero-order valence-electron chi connectivity index (χ0n) is 13.6. The van der Waals surface area contributed by atoms with Crippen LogP contribution in [0.1, 0.15) is 20.3 Å². The Hall–Kier alpha value is -1.31. The molecule has 0 radical (unpaired) electrons. The summed E-state index contributed by atoms with van der Waals surface area (Å²) in [6.45, 7) is 5.64. The van der Waals surface area contributed by atoms with Gasteiger partial charge in [-0.3, -0.25) is 0 Å². The molecule has 0 aliphatic rings. The highest BCUT2D eigenvalue weighted by molar-refractivity contribution is 7.89. The summed E-state index contributed by atoms with van der Waals surface area (Å²) < 4.78 is 42.8. The fraction of sp³-hybridized carbons (Fsp3) is 0.600. The van der Waals surface area contributed by atoms with E-state index in [1.165, 1.54) is 20.3 Å². The van der Waals surface area contributed by atoms with E-state index in [0.717, 1.165) is 0 Å². The van der Waals surface area contributed by atoms with E-state index in [0.29, 0.717) is 37.8 Å². The van der Waals surface area contributed by atoms with Crippen molar-refractivity contribution in [3.05, 3.63) is 18.2 Å². The number of methoxy groups -OCH3 is 2. The number of nitrogens with one attached hydrogen (secondary N) is 1. The minimum absolute atomic E-state index is 0.0671. The molecule has 0 bridgehead atoms. The molecule has 1 aromatic carbocycles. The highest BCUT2D eigenvalue weighted by Gasteiger charge is 2.19. The van der Waals surface area contributed by atoms with Crippen LogP contribution < -0.4 is 14.2 Å². The molecule has 22 heavy (non-hydrogen) atoms. The lowest BCUT2D eigenvalue weighted by atomic mass is 10.2. The number of hydrogen-bond acceptors (Lipinski definition) is 5. The van der Waals surface area contributed by atoms with Crippen LogP contribution in [0, 0.1) is 5.92 Å². The molecule has 126 valence electrons. The zero-order chi connectivity index (χ0) is 16.6. The number of hydrogen-bond donors (Lipinski definition) is 1. The van der Waals surface area contributed by atoms with Gasteiger partial charge < -0.3 is 14.2 Å². The average Bonchev–Trinajstić information content (AvgIpc) is 2.49. The first-order valence-electron chi connectivity index (χ1n) is 7.20. The monoisotopic (exact) mass is 331 g/mol. The maximum Gasteiger partial charge on any atom is 0.244 e. The second kappa shape index (κ2) is 8.97. The quantitative estimate of drug-likeness (QED) is 0.664. The van der Waals surface area contributed by atoms with E-state index in [2.05, 4.69) is 18.6 Å². The van der Waals surface area contributed by atoms with Gasteiger partial charge in [0.15, 0.2) is 0 Å². The van der Waals surface area contributed by atoms with Crippen LogP contribution in [-0.4, -0.2) is 42.4 Å². The van der Waals surface area contributed by atoms with Gasteiger partial charge in [-0.2, -0.15) is 0 Å². The van der Waals surface area contributed by atoms with Crippen LogP contribution in [0.15, 0.2) is 23.1 Å². The van der Waals surface area contributed by atoms with E-state index in [1.54, 1.807) is 12.1 Å². The molecule has 6 nitrogen and oxygen atoms in total. The highest BCUT2D eigenvalue weighted by Crippen LogP contribution is 2.27. The maximum atomic E-state index is 12.3. The third-order valence-electron chi connectivity index (χ3n) is 2.87. The normalized spacial score (nSPS) is 11.7. The molecule has 0 heterocycles. The minimum atomic E-state index is -3.65. The fourth-order valence-electron chi connectivity index (χ4n) is 1.77. The molecule has 0 saturated carbocycles. The molecule has 1 rings (SSSR count). The third kappa shape index (κ3) is 5.82. The predicted molar refractivity (Wildman–Crippen MR) is 85.0 cm³/mol. The van der Waals surface area contributed by atoms with Crippen molar-refractivity contribution >= 4 is 10.0 Å². The molecule has 1 N–H and O–H groups in total. The molecule has 0 aliphatic carbocycles. The number of sulfonamides is 1. The summed E-state index contributed by atoms with van der Waals surface area (Å²) >= 11 is 0. The second-order valence-corrected chi connectivity index (χ2v) is 6.97. The molecular weight excluding hydrogens is 306 g/mol. The van der Waals surface area contributed by atoms with Crippen LogP contribution in [0.2, 0.25) is 0 Å². The minimum Gasteiger partial charge on any atom is -0.497 e. The molecule has 0 atom stereocenters. The molecule has 0 aromatic heterocycles. The summed E-state index contributed by atoms with van der Waals surface area (Å²) in [7, 11) is -0.735. The Bertz CT molecular complexity index is 557. The lowest BCUT2D eigenvalue weighted by Crippen LogP contribution is -2.26. The smallest absolute Gasteiger partial charge is 0.244 e. The number of ether oxygens (including phenoxy) is 3. The van der Waals surface area contributed by atoms with Crippen molar-refractivity contribution in [2.24, 2.45) is 5.92 Å². The Balaban J connectivity index is 2.62. The first-order chi connectivity index (χ1) is 10.4. The van der Waals surface area contributed by atoms with E-state index in [4.69, 9.17) is 14.2 Å². The third-order valence-corrected chi connectivity index (χ3v) is 4.35. The molecule has 0 fully saturated rings. The van der Waals surface area contributed by atoms with Gasteiger partial charge in [0.25, 0.3) is 0 Å². The molecular formula is C15H25NO5S. The van der Waals surface area contributed by atoms with Crippen molar-refractivity contribution < 1.29 is 22.6 Å². The van der Waals surface area contributed by atoms with E-state index < -0.39 is 10.0 Å². The first-order valence-corrected chi connectivity index (χ1v) is 8.68. The van der Waals surface area contributed by atoms with E-state index in [-0.39, 0.29) is 10.6 Å². The van der Waals surface area contributed by atoms with Gasteiger partial charge in [0, 0.05) is 25.8 Å². The van der Waals surface area contributed by atoms with Gasteiger partial charge in [0.1, 0.15) is 16.4 Å². The van der Waals surface area contributed by atoms with Gasteiger partial charge in [-0.05, 0) is 24.5 Å². The molecule has 0 spiro atoms. The topological polar surface area (TPSA) is 73.9 Å². The van der Waals surface area contributed by atoms with Crippen molar-refractivity contribution in [1.82, 2.24) is 4.72 Å². The van der Waals surface area contributed by atoms with Crippen molar-refractivity contribution in [2.45, 2.75) is 25.2 Å². The van der Waals surface area contributed by atoms with Gasteiger partial charge in [0.2, 0.25) is 10.0 Å². The Labute approximate surface area is 132 Å². The van der Waals surface area contributed by atoms with Crippen LogP contribution >= 0.6 is 0 Å². The van der Waals surface area contributed by atoms with Crippen LogP contribution in [0.4, 0.5) is 0 Å². The summed E-state index contributed by atoms with van der Waals surface area (Å²) in [6, 6.07) is 4.66. The van der Waals surface area contributed by atoms with Crippen molar-refractivity contribution in [2.75, 3.05) is 34.0 Å². The standard InChI is InChI=1S/C15H25NO5S/c1-12(2)11-21-9-5-8-16-22(17,18)15-10-13(19-3)6-7-14(15)20-4/h6-7,10,12,16H,5,8-9,11H2,1-4H3. The maximum absolute atomic E-state index is 12.3. The number of benzene rings is 1. The number of rotatable bonds is 10. The van der Waals surface area contributed by atoms with Gasteiger partial charge in [-0.1, -0.05) is 13.8 Å². The lowest BCUT2D eigenvalue weighted by molar-refractivity contribution is 0.108. The van der Waals surface area contributed by atoms with Gasteiger partial charge in [-0.25, -0.2) is 13.1 Å². The van der Waals surface area contributed by atoms with Gasteiger partial charge >= 0.3 is 0 Å². The van der Waals surface area contributed by atoms with Crippen molar-refractivity contribution in [1.29, 1.82) is 0 Å². The van der Waals surface area contributed by atoms with E-state index in [1.807, 2.05) is 0 Å². The summed E-state index contributed by atoms with van der Waals surface area (Å²) in [4.78, 5) is 0.0671. The Morgan fingerprint density at radius 3 is 2.50 bits per heavy atom. The molecule has 0 aliphatic heterocycles. The lowest BCUT2D eigenvalue weighted by Gasteiger charge is -2.12. The summed E-state index contributed by atoms with van der Waals surface area (Å²) in [5, 5.41) is 0. The zero-order valence-corrected chi connectivity index (χ0v) is 14.4. The van der Waals surface area contributed by atoms with Crippen molar-refractivity contribution in [3.8, 4) is 11.5 Å². The predicted octanol–water partition coefficient (Wildman–Crippen LogP) is 2.04. The van der Waals surface area contributed by atoms with Gasteiger partial charge in [-0.15, -0.1) is 0 Å². The molecule has 0 amide bonds. The average molecular weight is 331 g/mol. The Morgan fingerprint density at radius 1 is 1.18 bits per heavy atom. The van der Waals surface area contributed by atoms with Gasteiger partial charge in [0.05, 0.1) is 14.2 Å². The largest absolute Gasteiger partial charge is 0.497 e.